The van der Waals surface area contributed by atoms with Crippen molar-refractivity contribution in [2.45, 2.75) is 38.6 Å². The summed E-state index contributed by atoms with van der Waals surface area (Å²) in [7, 11) is 1.62. The minimum Gasteiger partial charge on any atom is -0.359 e. The highest BCUT2D eigenvalue weighted by molar-refractivity contribution is 5.78. The summed E-state index contributed by atoms with van der Waals surface area (Å²) in [6.07, 6.45) is 2.74. The fourth-order valence-electron chi connectivity index (χ4n) is 2.75. The largest absolute Gasteiger partial charge is 0.359 e. The minimum atomic E-state index is -0.102. The Morgan fingerprint density at radius 2 is 2.23 bits per heavy atom. The summed E-state index contributed by atoms with van der Waals surface area (Å²) in [6, 6.07) is 1.78. The molecular weight excluding hydrogens is 282 g/mol. The number of amides is 2. The second kappa shape index (κ2) is 7.31. The molecule has 0 aromatic carbocycles. The molecule has 7 heteroatoms. The minimum absolute atomic E-state index is 0.00580. The summed E-state index contributed by atoms with van der Waals surface area (Å²) >= 11 is 0. The Balaban J connectivity index is 2.18. The summed E-state index contributed by atoms with van der Waals surface area (Å²) in [5, 5.41) is 2.60. The van der Waals surface area contributed by atoms with Crippen LogP contribution in [0.2, 0.25) is 0 Å². The number of hydrogen-bond donors (Lipinski definition) is 2. The van der Waals surface area contributed by atoms with E-state index in [1.54, 1.807) is 11.9 Å². The zero-order valence-electron chi connectivity index (χ0n) is 13.1. The third kappa shape index (κ3) is 3.79. The molecule has 0 unspecified atom stereocenters. The molecule has 0 bridgehead atoms. The van der Waals surface area contributed by atoms with Gasteiger partial charge in [-0.2, -0.15) is 0 Å². The lowest BCUT2D eigenvalue weighted by Gasteiger charge is -2.23. The van der Waals surface area contributed by atoms with Crippen LogP contribution in [0.15, 0.2) is 6.07 Å². The lowest BCUT2D eigenvalue weighted by Crippen LogP contribution is -2.36. The number of carbonyl (C=O) groups is 2. The average Bonchev–Trinajstić information content (AvgIpc) is 3.00. The normalized spacial score (nSPS) is 17.6. The van der Waals surface area contributed by atoms with Gasteiger partial charge < -0.3 is 16.0 Å². The van der Waals surface area contributed by atoms with Gasteiger partial charge in [-0.05, 0) is 32.3 Å². The van der Waals surface area contributed by atoms with Gasteiger partial charge in [0.25, 0.3) is 0 Å². The number of nitrogens with two attached hydrogens (primary N) is 1. The van der Waals surface area contributed by atoms with Gasteiger partial charge in [0.2, 0.25) is 11.8 Å². The molecule has 1 aromatic rings. The van der Waals surface area contributed by atoms with E-state index in [4.69, 9.17) is 5.73 Å². The van der Waals surface area contributed by atoms with Crippen LogP contribution in [0.25, 0.3) is 0 Å². The first-order valence-corrected chi connectivity index (χ1v) is 7.59. The van der Waals surface area contributed by atoms with Gasteiger partial charge in [0.05, 0.1) is 12.6 Å². The molecule has 1 fully saturated rings. The third-order valence-corrected chi connectivity index (χ3v) is 3.86. The van der Waals surface area contributed by atoms with Crippen LogP contribution in [-0.4, -0.2) is 46.8 Å². The predicted molar refractivity (Wildman–Crippen MR) is 81.9 cm³/mol. The average molecular weight is 305 g/mol. The van der Waals surface area contributed by atoms with Gasteiger partial charge in [0.15, 0.2) is 5.82 Å². The van der Waals surface area contributed by atoms with Crippen molar-refractivity contribution in [3.8, 4) is 0 Å². The topological polar surface area (TPSA) is 101 Å². The monoisotopic (exact) mass is 305 g/mol. The molecule has 1 aromatic heterocycles. The summed E-state index contributed by atoms with van der Waals surface area (Å²) in [4.78, 5) is 34.1. The Kier molecular flexibility index (Phi) is 5.43. The van der Waals surface area contributed by atoms with E-state index in [9.17, 15) is 9.59 Å². The predicted octanol–water partition coefficient (Wildman–Crippen LogP) is 0.0858. The first-order chi connectivity index (χ1) is 10.5. The molecule has 1 atom stereocenters. The second-order valence-electron chi connectivity index (χ2n) is 5.48. The van der Waals surface area contributed by atoms with Gasteiger partial charge in [-0.1, -0.05) is 0 Å². The molecule has 0 saturated carbocycles. The molecule has 1 aliphatic heterocycles. The van der Waals surface area contributed by atoms with Crippen molar-refractivity contribution >= 4 is 11.8 Å². The number of nitrogens with zero attached hydrogens (tertiary/aromatic N) is 3. The molecule has 3 N–H and O–H groups in total. The van der Waals surface area contributed by atoms with Crippen molar-refractivity contribution in [1.82, 2.24) is 20.2 Å². The maximum absolute atomic E-state index is 11.9. The molecule has 2 heterocycles. The van der Waals surface area contributed by atoms with E-state index in [-0.39, 0.29) is 24.4 Å². The Morgan fingerprint density at radius 3 is 2.91 bits per heavy atom. The highest BCUT2D eigenvalue weighted by Crippen LogP contribution is 2.30. The third-order valence-electron chi connectivity index (χ3n) is 3.86. The van der Waals surface area contributed by atoms with Crippen molar-refractivity contribution < 1.29 is 9.59 Å². The van der Waals surface area contributed by atoms with Crippen LogP contribution >= 0.6 is 0 Å². The fourth-order valence-corrected chi connectivity index (χ4v) is 2.75. The molecule has 1 saturated heterocycles. The van der Waals surface area contributed by atoms with E-state index < -0.39 is 0 Å². The maximum atomic E-state index is 11.9. The fraction of sp³-hybridized carbons (Fsp3) is 0.600. The molecular formula is C15H23N5O2. The van der Waals surface area contributed by atoms with Crippen LogP contribution in [0, 0.1) is 6.92 Å². The van der Waals surface area contributed by atoms with E-state index in [1.165, 1.54) is 0 Å². The summed E-state index contributed by atoms with van der Waals surface area (Å²) in [5.41, 5.74) is 7.15. The Morgan fingerprint density at radius 1 is 1.45 bits per heavy atom. The number of nitrogens with one attached hydrogen (secondary N) is 1. The van der Waals surface area contributed by atoms with Crippen LogP contribution in [0.5, 0.6) is 0 Å². The SMILES string of the molecule is CNC(=O)CCc1cc(C)nc([C@@H]2CCCN2C(=O)CN)n1. The van der Waals surface area contributed by atoms with Gasteiger partial charge in [-0.3, -0.25) is 9.59 Å². The van der Waals surface area contributed by atoms with Gasteiger partial charge in [-0.25, -0.2) is 9.97 Å². The zero-order chi connectivity index (χ0) is 16.1. The Bertz CT molecular complexity index is 561. The first kappa shape index (κ1) is 16.4. The van der Waals surface area contributed by atoms with Gasteiger partial charge in [0, 0.05) is 31.4 Å². The highest BCUT2D eigenvalue weighted by atomic mass is 16.2. The number of rotatable bonds is 5. The molecule has 7 nitrogen and oxygen atoms in total. The highest BCUT2D eigenvalue weighted by Gasteiger charge is 2.31. The van der Waals surface area contributed by atoms with Crippen LogP contribution in [0.4, 0.5) is 0 Å². The molecule has 0 spiro atoms. The number of likely N-dealkylation sites (tertiary alicyclic amines) is 1. The number of carbonyl (C=O) groups excluding carboxylic acids is 2. The lowest BCUT2D eigenvalue weighted by molar-refractivity contribution is -0.130. The quantitative estimate of drug-likeness (QED) is 0.802. The van der Waals surface area contributed by atoms with Crippen molar-refractivity contribution in [1.29, 1.82) is 0 Å². The van der Waals surface area contributed by atoms with Crippen molar-refractivity contribution in [2.24, 2.45) is 5.73 Å². The van der Waals surface area contributed by atoms with E-state index in [0.29, 0.717) is 25.2 Å². The smallest absolute Gasteiger partial charge is 0.236 e. The van der Waals surface area contributed by atoms with Crippen molar-refractivity contribution in [3.05, 3.63) is 23.3 Å². The summed E-state index contributed by atoms with van der Waals surface area (Å²) in [6.45, 7) is 2.61. The molecule has 0 aliphatic carbocycles. The van der Waals surface area contributed by atoms with Crippen LogP contribution in [0.1, 0.15) is 42.5 Å². The van der Waals surface area contributed by atoms with Crippen molar-refractivity contribution in [3.63, 3.8) is 0 Å². The van der Waals surface area contributed by atoms with Gasteiger partial charge in [0.1, 0.15) is 0 Å². The van der Waals surface area contributed by atoms with Crippen LogP contribution < -0.4 is 11.1 Å². The molecule has 22 heavy (non-hydrogen) atoms. The van der Waals surface area contributed by atoms with Crippen LogP contribution in [0.3, 0.4) is 0 Å². The first-order valence-electron chi connectivity index (χ1n) is 7.59. The molecule has 2 rings (SSSR count). The summed E-state index contributed by atoms with van der Waals surface area (Å²) < 4.78 is 0. The van der Waals surface area contributed by atoms with E-state index in [2.05, 4.69) is 15.3 Å². The number of aromatic nitrogens is 2. The second-order valence-corrected chi connectivity index (χ2v) is 5.48. The standard InChI is InChI=1S/C15H23N5O2/c1-10-8-11(5-6-13(21)17-2)19-15(18-10)12-4-3-7-20(12)14(22)9-16/h8,12H,3-7,9,16H2,1-2H3,(H,17,21)/t12-/m0/s1. The molecule has 2 amide bonds. The molecule has 120 valence electrons. The van der Waals surface area contributed by atoms with Crippen LogP contribution in [-0.2, 0) is 16.0 Å². The summed E-state index contributed by atoms with van der Waals surface area (Å²) in [5.74, 6) is 0.573. The Hall–Kier alpha value is -2.02. The Labute approximate surface area is 130 Å². The van der Waals surface area contributed by atoms with E-state index in [1.807, 2.05) is 13.0 Å². The molecule has 1 aliphatic rings. The van der Waals surface area contributed by atoms with E-state index >= 15 is 0 Å². The number of hydrogen-bond acceptors (Lipinski definition) is 5. The molecule has 0 radical (unpaired) electrons. The zero-order valence-corrected chi connectivity index (χ0v) is 13.1. The number of aryl methyl sites for hydroxylation is 2. The maximum Gasteiger partial charge on any atom is 0.236 e. The lowest BCUT2D eigenvalue weighted by atomic mass is 10.1. The van der Waals surface area contributed by atoms with Gasteiger partial charge in [-0.15, -0.1) is 0 Å². The van der Waals surface area contributed by atoms with Gasteiger partial charge >= 0.3 is 0 Å². The van der Waals surface area contributed by atoms with Crippen molar-refractivity contribution in [2.75, 3.05) is 20.1 Å². The van der Waals surface area contributed by atoms with E-state index in [0.717, 1.165) is 24.2 Å².